The van der Waals surface area contributed by atoms with Gasteiger partial charge in [-0.2, -0.15) is 5.10 Å². The van der Waals surface area contributed by atoms with Gasteiger partial charge >= 0.3 is 0 Å². The molecule has 0 aliphatic carbocycles. The molecule has 25 heavy (non-hydrogen) atoms. The van der Waals surface area contributed by atoms with E-state index in [0.29, 0.717) is 28.5 Å². The minimum absolute atomic E-state index is 0.124. The molecule has 128 valence electrons. The van der Waals surface area contributed by atoms with Crippen LogP contribution in [0.5, 0.6) is 0 Å². The first-order valence-electron chi connectivity index (χ1n) is 7.99. The zero-order valence-corrected chi connectivity index (χ0v) is 14.8. The van der Waals surface area contributed by atoms with Crippen LogP contribution in [0.25, 0.3) is 0 Å². The molecule has 1 aliphatic rings. The van der Waals surface area contributed by atoms with Gasteiger partial charge in [0.05, 0.1) is 5.69 Å². The average Bonchev–Trinajstić information content (AvgIpc) is 2.59. The predicted molar refractivity (Wildman–Crippen MR) is 100 cm³/mol. The zero-order valence-electron chi connectivity index (χ0n) is 14.0. The molecule has 2 aromatic carbocycles. The van der Waals surface area contributed by atoms with Crippen LogP contribution in [0.15, 0.2) is 47.6 Å². The van der Waals surface area contributed by atoms with Crippen LogP contribution in [-0.4, -0.2) is 17.5 Å². The maximum atomic E-state index is 12.6. The lowest BCUT2D eigenvalue weighted by Crippen LogP contribution is -2.36. The van der Waals surface area contributed by atoms with Gasteiger partial charge in [0.15, 0.2) is 0 Å². The number of carbonyl (C=O) groups is 2. The van der Waals surface area contributed by atoms with Gasteiger partial charge in [-0.05, 0) is 49.2 Å². The van der Waals surface area contributed by atoms with E-state index >= 15 is 0 Å². The molecule has 0 aromatic heterocycles. The lowest BCUT2D eigenvalue weighted by Gasteiger charge is -2.23. The zero-order chi connectivity index (χ0) is 18.0. The number of anilines is 2. The minimum atomic E-state index is -0.324. The summed E-state index contributed by atoms with van der Waals surface area (Å²) in [5.74, 6) is -0.448. The molecular formula is C19H18ClN3O2. The highest BCUT2D eigenvalue weighted by Crippen LogP contribution is 2.24. The molecule has 0 saturated heterocycles. The summed E-state index contributed by atoms with van der Waals surface area (Å²) in [4.78, 5) is 24.8. The molecule has 0 spiro atoms. The number of benzene rings is 2. The van der Waals surface area contributed by atoms with Crippen LogP contribution in [0.2, 0.25) is 5.02 Å². The third-order valence-corrected chi connectivity index (χ3v) is 4.47. The number of nitrogens with zero attached hydrogens (tertiary/aromatic N) is 2. The van der Waals surface area contributed by atoms with E-state index in [1.807, 2.05) is 32.0 Å². The Morgan fingerprint density at radius 3 is 2.68 bits per heavy atom. The van der Waals surface area contributed by atoms with Crippen LogP contribution in [0.1, 0.15) is 24.0 Å². The van der Waals surface area contributed by atoms with E-state index in [-0.39, 0.29) is 18.2 Å². The summed E-state index contributed by atoms with van der Waals surface area (Å²) in [6.45, 7) is 3.78. The number of amides is 2. The van der Waals surface area contributed by atoms with Gasteiger partial charge in [-0.25, -0.2) is 5.01 Å². The third-order valence-electron chi connectivity index (χ3n) is 4.06. The lowest BCUT2D eigenvalue weighted by molar-refractivity contribution is -0.118. The second-order valence-corrected chi connectivity index (χ2v) is 6.36. The number of hydrazone groups is 1. The Kier molecular flexibility index (Phi) is 4.86. The Balaban J connectivity index is 1.86. The van der Waals surface area contributed by atoms with Crippen molar-refractivity contribution in [3.05, 3.63) is 58.6 Å². The van der Waals surface area contributed by atoms with Crippen LogP contribution in [-0.2, 0) is 9.59 Å². The largest absolute Gasteiger partial charge is 0.321 e. The van der Waals surface area contributed by atoms with E-state index in [1.165, 1.54) is 5.01 Å². The van der Waals surface area contributed by atoms with Crippen LogP contribution >= 0.6 is 11.6 Å². The third kappa shape index (κ3) is 3.72. The van der Waals surface area contributed by atoms with Crippen LogP contribution in [0, 0.1) is 13.8 Å². The average molecular weight is 356 g/mol. The Labute approximate surface area is 151 Å². The molecule has 0 atom stereocenters. The van der Waals surface area contributed by atoms with Crippen LogP contribution in [0.3, 0.4) is 0 Å². The highest BCUT2D eigenvalue weighted by Gasteiger charge is 2.26. The molecule has 0 bridgehead atoms. The molecule has 1 heterocycles. The molecule has 2 amide bonds. The molecule has 5 nitrogen and oxygen atoms in total. The number of carbonyl (C=O) groups excluding carboxylic acids is 2. The van der Waals surface area contributed by atoms with E-state index in [1.54, 1.807) is 24.3 Å². The molecule has 6 heteroatoms. The Bertz CT molecular complexity index is 877. The van der Waals surface area contributed by atoms with Crippen molar-refractivity contribution in [3.63, 3.8) is 0 Å². The lowest BCUT2D eigenvalue weighted by atomic mass is 10.1. The minimum Gasteiger partial charge on any atom is -0.321 e. The maximum Gasteiger partial charge on any atom is 0.271 e. The number of hydrogen-bond donors (Lipinski definition) is 1. The first-order valence-corrected chi connectivity index (χ1v) is 8.37. The highest BCUT2D eigenvalue weighted by molar-refractivity contribution is 6.44. The first kappa shape index (κ1) is 17.2. The van der Waals surface area contributed by atoms with Gasteiger partial charge in [0, 0.05) is 23.6 Å². The van der Waals surface area contributed by atoms with Gasteiger partial charge in [-0.15, -0.1) is 0 Å². The summed E-state index contributed by atoms with van der Waals surface area (Å²) in [5, 5.41) is 8.99. The number of halogens is 1. The fourth-order valence-electron chi connectivity index (χ4n) is 2.62. The monoisotopic (exact) mass is 355 g/mol. The standard InChI is InChI=1S/C19H18ClN3O2/c1-12-5-3-6-14(11-12)23-18(24)10-9-17(22-23)19(25)21-16-8-4-7-15(20)13(16)2/h3-8,11H,9-10H2,1-2H3,(H,21,25). The van der Waals surface area contributed by atoms with Crippen molar-refractivity contribution in [1.29, 1.82) is 0 Å². The second-order valence-electron chi connectivity index (χ2n) is 5.96. The predicted octanol–water partition coefficient (Wildman–Crippen LogP) is 4.08. The topological polar surface area (TPSA) is 61.8 Å². The van der Waals surface area contributed by atoms with E-state index < -0.39 is 0 Å². The van der Waals surface area contributed by atoms with Gasteiger partial charge in [0.25, 0.3) is 5.91 Å². The summed E-state index contributed by atoms with van der Waals surface area (Å²) in [6, 6.07) is 12.8. The molecule has 0 radical (unpaired) electrons. The quantitative estimate of drug-likeness (QED) is 0.901. The van der Waals surface area contributed by atoms with Crippen molar-refractivity contribution < 1.29 is 9.59 Å². The normalized spacial score (nSPS) is 14.3. The van der Waals surface area contributed by atoms with Crippen molar-refractivity contribution in [2.24, 2.45) is 5.10 Å². The van der Waals surface area contributed by atoms with Crippen molar-refractivity contribution in [2.45, 2.75) is 26.7 Å². The van der Waals surface area contributed by atoms with Crippen LogP contribution < -0.4 is 10.3 Å². The number of aryl methyl sites for hydroxylation is 1. The Morgan fingerprint density at radius 2 is 1.92 bits per heavy atom. The molecule has 1 N–H and O–H groups in total. The van der Waals surface area contributed by atoms with E-state index in [2.05, 4.69) is 10.4 Å². The van der Waals surface area contributed by atoms with Gasteiger partial charge in [0.2, 0.25) is 5.91 Å². The fourth-order valence-corrected chi connectivity index (χ4v) is 2.79. The Morgan fingerprint density at radius 1 is 1.16 bits per heavy atom. The van der Waals surface area contributed by atoms with Crippen molar-refractivity contribution in [2.75, 3.05) is 10.3 Å². The van der Waals surface area contributed by atoms with Gasteiger partial charge < -0.3 is 5.32 Å². The first-order chi connectivity index (χ1) is 12.0. The molecule has 0 unspecified atom stereocenters. The van der Waals surface area contributed by atoms with E-state index in [0.717, 1.165) is 11.1 Å². The highest BCUT2D eigenvalue weighted by atomic mass is 35.5. The number of nitrogens with one attached hydrogen (secondary N) is 1. The molecule has 0 saturated carbocycles. The molecule has 3 rings (SSSR count). The van der Waals surface area contributed by atoms with E-state index in [4.69, 9.17) is 11.6 Å². The van der Waals surface area contributed by atoms with Crippen molar-refractivity contribution in [3.8, 4) is 0 Å². The fraction of sp³-hybridized carbons (Fsp3) is 0.211. The van der Waals surface area contributed by atoms with Crippen molar-refractivity contribution >= 4 is 40.5 Å². The maximum absolute atomic E-state index is 12.6. The SMILES string of the molecule is Cc1cccc(N2N=C(C(=O)Nc3cccc(Cl)c3C)CCC2=O)c1. The van der Waals surface area contributed by atoms with Gasteiger partial charge in [0.1, 0.15) is 5.71 Å². The molecule has 1 aliphatic heterocycles. The van der Waals surface area contributed by atoms with Crippen LogP contribution in [0.4, 0.5) is 11.4 Å². The van der Waals surface area contributed by atoms with E-state index in [9.17, 15) is 9.59 Å². The molecular weight excluding hydrogens is 338 g/mol. The van der Waals surface area contributed by atoms with Gasteiger partial charge in [-0.3, -0.25) is 9.59 Å². The summed E-state index contributed by atoms with van der Waals surface area (Å²) in [5.41, 5.74) is 3.43. The summed E-state index contributed by atoms with van der Waals surface area (Å²) < 4.78 is 0. The van der Waals surface area contributed by atoms with Gasteiger partial charge in [-0.1, -0.05) is 29.8 Å². The van der Waals surface area contributed by atoms with Crippen molar-refractivity contribution in [1.82, 2.24) is 0 Å². The molecule has 0 fully saturated rings. The summed E-state index contributed by atoms with van der Waals surface area (Å²) in [6.07, 6.45) is 0.557. The number of hydrogen-bond acceptors (Lipinski definition) is 3. The summed E-state index contributed by atoms with van der Waals surface area (Å²) in [7, 11) is 0. The second kappa shape index (κ2) is 7.07. The molecule has 2 aromatic rings. The smallest absolute Gasteiger partial charge is 0.271 e. The summed E-state index contributed by atoms with van der Waals surface area (Å²) >= 11 is 6.09. The number of rotatable bonds is 3. The Hall–Kier alpha value is -2.66.